The summed E-state index contributed by atoms with van der Waals surface area (Å²) in [4.78, 5) is 22.2. The van der Waals surface area contributed by atoms with E-state index >= 15 is 0 Å². The number of carbonyl (C=O) groups excluding carboxylic acids is 1. The zero-order valence-corrected chi connectivity index (χ0v) is 15.2. The van der Waals surface area contributed by atoms with E-state index in [0.29, 0.717) is 0 Å². The minimum absolute atomic E-state index is 0.0481. The lowest BCUT2D eigenvalue weighted by Gasteiger charge is -2.14. The molecule has 2 aromatic carbocycles. The molecule has 0 aliphatic heterocycles. The third kappa shape index (κ3) is 4.17. The zero-order chi connectivity index (χ0) is 19.6. The number of anilines is 1. The number of nitrogens with zero attached hydrogens (tertiary/aromatic N) is 1. The van der Waals surface area contributed by atoms with Gasteiger partial charge < -0.3 is 10.1 Å². The van der Waals surface area contributed by atoms with Crippen molar-refractivity contribution in [2.24, 2.45) is 0 Å². The van der Waals surface area contributed by atoms with Crippen LogP contribution in [0.5, 0.6) is 5.75 Å². The molecule has 0 heterocycles. The Morgan fingerprint density at radius 3 is 2.56 bits per heavy atom. The first kappa shape index (κ1) is 18.6. The number of benzene rings is 2. The molecule has 10 heteroatoms. The summed E-state index contributed by atoms with van der Waals surface area (Å²) in [5.41, 5.74) is -0.155. The Balaban J connectivity index is 1.97. The molecular formula is C17H17N3O6S. The predicted octanol–water partition coefficient (Wildman–Crippen LogP) is 2.30. The maximum absolute atomic E-state index is 12.8. The van der Waals surface area contributed by atoms with Crippen molar-refractivity contribution < 1.29 is 22.9 Å². The van der Waals surface area contributed by atoms with Crippen molar-refractivity contribution in [3.8, 4) is 5.75 Å². The second-order valence-corrected chi connectivity index (χ2v) is 7.64. The number of carbonyl (C=O) groups is 1. The van der Waals surface area contributed by atoms with Gasteiger partial charge >= 0.3 is 0 Å². The van der Waals surface area contributed by atoms with Crippen LogP contribution in [0.2, 0.25) is 0 Å². The van der Waals surface area contributed by atoms with E-state index in [1.165, 1.54) is 25.3 Å². The molecule has 142 valence electrons. The molecule has 3 rings (SSSR count). The number of amides is 1. The van der Waals surface area contributed by atoms with Crippen LogP contribution in [-0.4, -0.2) is 32.4 Å². The maximum atomic E-state index is 12.8. The molecule has 9 nitrogen and oxygen atoms in total. The van der Waals surface area contributed by atoms with E-state index in [0.717, 1.165) is 25.0 Å². The van der Waals surface area contributed by atoms with Crippen molar-refractivity contribution >= 4 is 27.3 Å². The van der Waals surface area contributed by atoms with Crippen molar-refractivity contribution in [3.05, 3.63) is 58.1 Å². The number of para-hydroxylation sites is 1. The summed E-state index contributed by atoms with van der Waals surface area (Å²) in [5, 5.41) is 13.8. The van der Waals surface area contributed by atoms with Gasteiger partial charge in [-0.2, -0.15) is 0 Å². The summed E-state index contributed by atoms with van der Waals surface area (Å²) in [6, 6.07) is 9.52. The van der Waals surface area contributed by atoms with Crippen molar-refractivity contribution in [2.45, 2.75) is 23.8 Å². The smallest absolute Gasteiger partial charge is 0.271 e. The molecule has 0 unspecified atom stereocenters. The first-order valence-electron chi connectivity index (χ1n) is 8.07. The minimum atomic E-state index is -4.24. The Bertz CT molecular complexity index is 1000. The van der Waals surface area contributed by atoms with Crippen LogP contribution in [0, 0.1) is 10.1 Å². The molecule has 1 aliphatic rings. The Kier molecular flexibility index (Phi) is 5.00. The summed E-state index contributed by atoms with van der Waals surface area (Å²) in [7, 11) is -2.98. The van der Waals surface area contributed by atoms with Crippen molar-refractivity contribution in [3.63, 3.8) is 0 Å². The molecule has 1 amide bonds. The molecule has 27 heavy (non-hydrogen) atoms. The third-order valence-corrected chi connectivity index (χ3v) is 5.36. The molecule has 1 saturated carbocycles. The highest BCUT2D eigenvalue weighted by atomic mass is 32.2. The van der Waals surface area contributed by atoms with Gasteiger partial charge in [0, 0.05) is 18.2 Å². The van der Waals surface area contributed by atoms with Crippen molar-refractivity contribution in [1.29, 1.82) is 0 Å². The van der Waals surface area contributed by atoms with E-state index in [2.05, 4.69) is 10.0 Å². The molecule has 0 bridgehead atoms. The third-order valence-electron chi connectivity index (χ3n) is 3.98. The number of methoxy groups -OCH3 is 1. The highest BCUT2D eigenvalue weighted by molar-refractivity contribution is 7.92. The fourth-order valence-corrected chi connectivity index (χ4v) is 3.72. The quantitative estimate of drug-likeness (QED) is 0.551. The molecule has 0 spiro atoms. The van der Waals surface area contributed by atoms with Crippen LogP contribution < -0.4 is 14.8 Å². The zero-order valence-electron chi connectivity index (χ0n) is 14.3. The number of non-ortho nitro benzene ring substituents is 1. The Hall–Kier alpha value is -3.14. The molecular weight excluding hydrogens is 374 g/mol. The van der Waals surface area contributed by atoms with Crippen LogP contribution in [0.3, 0.4) is 0 Å². The Morgan fingerprint density at radius 1 is 1.22 bits per heavy atom. The predicted molar refractivity (Wildman–Crippen MR) is 97.4 cm³/mol. The highest BCUT2D eigenvalue weighted by Crippen LogP contribution is 2.30. The van der Waals surface area contributed by atoms with Gasteiger partial charge in [0.2, 0.25) is 0 Å². The lowest BCUT2D eigenvalue weighted by molar-refractivity contribution is -0.385. The lowest BCUT2D eigenvalue weighted by Crippen LogP contribution is -2.27. The number of nitro groups is 1. The number of hydrogen-bond acceptors (Lipinski definition) is 6. The second-order valence-electron chi connectivity index (χ2n) is 5.99. The number of ether oxygens (including phenoxy) is 1. The van der Waals surface area contributed by atoms with Gasteiger partial charge in [0.1, 0.15) is 10.6 Å². The number of sulfonamides is 1. The molecule has 2 N–H and O–H groups in total. The molecule has 0 aromatic heterocycles. The normalized spacial score (nSPS) is 13.7. The molecule has 0 saturated heterocycles. The lowest BCUT2D eigenvalue weighted by atomic mass is 10.1. The van der Waals surface area contributed by atoms with Crippen LogP contribution in [0.15, 0.2) is 47.4 Å². The number of hydrogen-bond donors (Lipinski definition) is 2. The first-order valence-corrected chi connectivity index (χ1v) is 9.55. The van der Waals surface area contributed by atoms with E-state index in [-0.39, 0.29) is 28.9 Å². The standard InChI is InChI=1S/C17H17N3O6S/c1-26-15-9-8-12(20(22)23)10-16(15)27(24,25)19-14-5-3-2-4-13(14)17(21)18-11-6-7-11/h2-5,8-11,19H,6-7H2,1H3,(H,18,21). The maximum Gasteiger partial charge on any atom is 0.271 e. The van der Waals surface area contributed by atoms with E-state index in [9.17, 15) is 23.3 Å². The van der Waals surface area contributed by atoms with Gasteiger partial charge in [0.05, 0.1) is 23.3 Å². The fraction of sp³-hybridized carbons (Fsp3) is 0.235. The topological polar surface area (TPSA) is 128 Å². The first-order chi connectivity index (χ1) is 12.8. The average molecular weight is 391 g/mol. The van der Waals surface area contributed by atoms with E-state index in [4.69, 9.17) is 4.74 Å². The molecule has 1 fully saturated rings. The number of nitro benzene ring substituents is 1. The SMILES string of the molecule is COc1ccc([N+](=O)[O-])cc1S(=O)(=O)Nc1ccccc1C(=O)NC1CC1. The van der Waals surface area contributed by atoms with Crippen LogP contribution in [0.4, 0.5) is 11.4 Å². The van der Waals surface area contributed by atoms with Crippen LogP contribution >= 0.6 is 0 Å². The van der Waals surface area contributed by atoms with E-state index < -0.39 is 25.5 Å². The average Bonchev–Trinajstić information content (AvgIpc) is 3.45. The Morgan fingerprint density at radius 2 is 1.93 bits per heavy atom. The van der Waals surface area contributed by atoms with Gasteiger partial charge in [-0.05, 0) is 31.0 Å². The molecule has 0 atom stereocenters. The van der Waals surface area contributed by atoms with Gasteiger partial charge in [-0.3, -0.25) is 19.6 Å². The van der Waals surface area contributed by atoms with Gasteiger partial charge in [-0.15, -0.1) is 0 Å². The van der Waals surface area contributed by atoms with Gasteiger partial charge in [-0.25, -0.2) is 8.42 Å². The number of nitrogens with one attached hydrogen (secondary N) is 2. The fourth-order valence-electron chi connectivity index (χ4n) is 2.45. The van der Waals surface area contributed by atoms with Crippen LogP contribution in [0.25, 0.3) is 0 Å². The summed E-state index contributed by atoms with van der Waals surface area (Å²) >= 11 is 0. The minimum Gasteiger partial charge on any atom is -0.495 e. The van der Waals surface area contributed by atoms with Crippen LogP contribution in [-0.2, 0) is 10.0 Å². The summed E-state index contributed by atoms with van der Waals surface area (Å²) in [6.07, 6.45) is 1.79. The molecule has 0 radical (unpaired) electrons. The summed E-state index contributed by atoms with van der Waals surface area (Å²) in [6.45, 7) is 0. The van der Waals surface area contributed by atoms with Crippen molar-refractivity contribution in [1.82, 2.24) is 5.32 Å². The van der Waals surface area contributed by atoms with E-state index in [1.54, 1.807) is 12.1 Å². The van der Waals surface area contributed by atoms with Gasteiger partial charge in [0.25, 0.3) is 21.6 Å². The van der Waals surface area contributed by atoms with Crippen molar-refractivity contribution in [2.75, 3.05) is 11.8 Å². The summed E-state index contributed by atoms with van der Waals surface area (Å²) < 4.78 is 33.0. The van der Waals surface area contributed by atoms with E-state index in [1.807, 2.05) is 0 Å². The van der Waals surface area contributed by atoms with Crippen LogP contribution in [0.1, 0.15) is 23.2 Å². The summed E-state index contributed by atoms with van der Waals surface area (Å²) in [5.74, 6) is -0.435. The monoisotopic (exact) mass is 391 g/mol. The number of rotatable bonds is 7. The van der Waals surface area contributed by atoms with Gasteiger partial charge in [-0.1, -0.05) is 12.1 Å². The molecule has 2 aromatic rings. The second kappa shape index (κ2) is 7.23. The molecule has 1 aliphatic carbocycles. The Labute approximate surface area is 155 Å². The highest BCUT2D eigenvalue weighted by Gasteiger charge is 2.27. The largest absolute Gasteiger partial charge is 0.495 e. The van der Waals surface area contributed by atoms with Gasteiger partial charge in [0.15, 0.2) is 0 Å².